The van der Waals surface area contributed by atoms with Crippen molar-refractivity contribution in [1.82, 2.24) is 14.9 Å². The third kappa shape index (κ3) is 4.47. The van der Waals surface area contributed by atoms with Gasteiger partial charge in [-0.3, -0.25) is 4.90 Å². The summed E-state index contributed by atoms with van der Waals surface area (Å²) in [5.74, 6) is 3.41. The van der Waals surface area contributed by atoms with Crippen LogP contribution >= 0.6 is 11.3 Å². The molecule has 3 heterocycles. The molecule has 156 valence electrons. The van der Waals surface area contributed by atoms with E-state index in [4.69, 9.17) is 19.1 Å². The second-order valence-corrected chi connectivity index (χ2v) is 8.61. The summed E-state index contributed by atoms with van der Waals surface area (Å²) in [6.07, 6.45) is 1.69. The van der Waals surface area contributed by atoms with Gasteiger partial charge in [-0.05, 0) is 56.3 Å². The second kappa shape index (κ2) is 8.85. The molecule has 0 fully saturated rings. The van der Waals surface area contributed by atoms with E-state index in [-0.39, 0.29) is 0 Å². The quantitative estimate of drug-likeness (QED) is 0.423. The molecule has 0 aliphatic rings. The van der Waals surface area contributed by atoms with Gasteiger partial charge in [0.1, 0.15) is 28.0 Å². The highest BCUT2D eigenvalue weighted by Gasteiger charge is 2.16. The number of thiophene rings is 1. The predicted octanol–water partition coefficient (Wildman–Crippen LogP) is 5.15. The monoisotopic (exact) mass is 422 g/mol. The topological polar surface area (TPSA) is 63.4 Å². The Labute approximate surface area is 180 Å². The maximum Gasteiger partial charge on any atom is 0.146 e. The number of aryl methyl sites for hydroxylation is 2. The van der Waals surface area contributed by atoms with Crippen LogP contribution in [0.15, 0.2) is 47.1 Å². The number of nitrogens with one attached hydrogen (secondary N) is 1. The third-order valence-electron chi connectivity index (χ3n) is 5.08. The first-order chi connectivity index (χ1) is 14.5. The minimum atomic E-state index is 0.590. The largest absolute Gasteiger partial charge is 0.497 e. The zero-order chi connectivity index (χ0) is 21.1. The molecule has 0 bridgehead atoms. The molecule has 6 nitrogen and oxygen atoms in total. The fourth-order valence-corrected chi connectivity index (χ4v) is 4.50. The Morgan fingerprint density at radius 3 is 2.77 bits per heavy atom. The van der Waals surface area contributed by atoms with Gasteiger partial charge >= 0.3 is 0 Å². The molecule has 7 heteroatoms. The lowest BCUT2D eigenvalue weighted by Gasteiger charge is -2.17. The SMILES string of the molecule is COc1cccc(CN(C)Cc2nc(NCc3ccco3)c3c(C)c(C)sc3n2)c1. The average molecular weight is 423 g/mol. The van der Waals surface area contributed by atoms with Crippen molar-refractivity contribution < 1.29 is 9.15 Å². The summed E-state index contributed by atoms with van der Waals surface area (Å²) >= 11 is 1.72. The fraction of sp³-hybridized carbons (Fsp3) is 0.304. The summed E-state index contributed by atoms with van der Waals surface area (Å²) in [6, 6.07) is 12.0. The van der Waals surface area contributed by atoms with Crippen molar-refractivity contribution in [2.45, 2.75) is 33.5 Å². The summed E-state index contributed by atoms with van der Waals surface area (Å²) in [7, 11) is 3.77. The van der Waals surface area contributed by atoms with Crippen LogP contribution in [0.25, 0.3) is 10.2 Å². The van der Waals surface area contributed by atoms with Crippen molar-refractivity contribution in [3.8, 4) is 5.75 Å². The van der Waals surface area contributed by atoms with Gasteiger partial charge in [0.2, 0.25) is 0 Å². The standard InChI is InChI=1S/C23H26N4O2S/c1-15-16(2)30-23-21(15)22(24-12-19-9-6-10-29-19)25-20(26-23)14-27(3)13-17-7-5-8-18(11-17)28-4/h5-11H,12-14H2,1-4H3,(H,24,25,26). The lowest BCUT2D eigenvalue weighted by atomic mass is 10.2. The third-order valence-corrected chi connectivity index (χ3v) is 6.18. The lowest BCUT2D eigenvalue weighted by Crippen LogP contribution is -2.19. The molecule has 0 unspecified atom stereocenters. The van der Waals surface area contributed by atoms with Crippen LogP contribution in [0, 0.1) is 13.8 Å². The van der Waals surface area contributed by atoms with Gasteiger partial charge in [0.25, 0.3) is 0 Å². The summed E-state index contributed by atoms with van der Waals surface area (Å²) in [4.78, 5) is 14.2. The molecule has 4 rings (SSSR count). The Morgan fingerprint density at radius 2 is 2.00 bits per heavy atom. The highest BCUT2D eigenvalue weighted by molar-refractivity contribution is 7.18. The molecular formula is C23H26N4O2S. The van der Waals surface area contributed by atoms with E-state index in [0.29, 0.717) is 13.1 Å². The molecule has 1 N–H and O–H groups in total. The summed E-state index contributed by atoms with van der Waals surface area (Å²) < 4.78 is 10.8. The molecule has 3 aromatic heterocycles. The Kier molecular flexibility index (Phi) is 6.01. The minimum absolute atomic E-state index is 0.590. The van der Waals surface area contributed by atoms with Crippen LogP contribution in [0.4, 0.5) is 5.82 Å². The molecule has 0 amide bonds. The van der Waals surface area contributed by atoms with Crippen molar-refractivity contribution in [1.29, 1.82) is 0 Å². The molecule has 0 radical (unpaired) electrons. The van der Waals surface area contributed by atoms with Gasteiger partial charge in [-0.15, -0.1) is 11.3 Å². The van der Waals surface area contributed by atoms with Crippen LogP contribution in [0.5, 0.6) is 5.75 Å². The normalized spacial score (nSPS) is 11.4. The Balaban J connectivity index is 1.57. The second-order valence-electron chi connectivity index (χ2n) is 7.41. The van der Waals surface area contributed by atoms with Crippen LogP contribution in [-0.4, -0.2) is 29.0 Å². The van der Waals surface area contributed by atoms with Crippen molar-refractivity contribution in [3.05, 3.63) is 70.3 Å². The summed E-state index contributed by atoms with van der Waals surface area (Å²) in [6.45, 7) is 6.29. The first-order valence-corrected chi connectivity index (χ1v) is 10.7. The van der Waals surface area contributed by atoms with E-state index in [1.165, 1.54) is 16.0 Å². The van der Waals surface area contributed by atoms with Gasteiger partial charge in [0.05, 0.1) is 31.8 Å². The number of ether oxygens (including phenoxy) is 1. The molecule has 0 saturated heterocycles. The van der Waals surface area contributed by atoms with Crippen LogP contribution in [0.3, 0.4) is 0 Å². The summed E-state index contributed by atoms with van der Waals surface area (Å²) in [5.41, 5.74) is 2.42. The Morgan fingerprint density at radius 1 is 1.13 bits per heavy atom. The molecule has 0 aliphatic carbocycles. The van der Waals surface area contributed by atoms with Crippen LogP contribution in [0.2, 0.25) is 0 Å². The van der Waals surface area contributed by atoms with Gasteiger partial charge < -0.3 is 14.5 Å². The first kappa shape index (κ1) is 20.4. The fourth-order valence-electron chi connectivity index (χ4n) is 3.46. The Hall–Kier alpha value is -2.90. The zero-order valence-corrected chi connectivity index (χ0v) is 18.5. The molecule has 4 aromatic rings. The van der Waals surface area contributed by atoms with Gasteiger partial charge in [-0.1, -0.05) is 12.1 Å². The number of nitrogens with zero attached hydrogens (tertiary/aromatic N) is 3. The number of hydrogen-bond donors (Lipinski definition) is 1. The van der Waals surface area contributed by atoms with E-state index in [9.17, 15) is 0 Å². The zero-order valence-electron chi connectivity index (χ0n) is 17.7. The number of hydrogen-bond acceptors (Lipinski definition) is 7. The van der Waals surface area contributed by atoms with Crippen molar-refractivity contribution >= 4 is 27.4 Å². The van der Waals surface area contributed by atoms with E-state index >= 15 is 0 Å². The van der Waals surface area contributed by atoms with Crippen LogP contribution in [0.1, 0.15) is 27.6 Å². The molecule has 30 heavy (non-hydrogen) atoms. The first-order valence-electron chi connectivity index (χ1n) is 9.88. The van der Waals surface area contributed by atoms with E-state index in [1.54, 1.807) is 24.7 Å². The van der Waals surface area contributed by atoms with Crippen molar-refractivity contribution in [2.24, 2.45) is 0 Å². The number of anilines is 1. The van der Waals surface area contributed by atoms with E-state index in [1.807, 2.05) is 24.3 Å². The summed E-state index contributed by atoms with van der Waals surface area (Å²) in [5, 5.41) is 4.55. The van der Waals surface area contributed by atoms with Crippen LogP contribution in [-0.2, 0) is 19.6 Å². The van der Waals surface area contributed by atoms with Crippen molar-refractivity contribution in [2.75, 3.05) is 19.5 Å². The number of aromatic nitrogens is 2. The molecule has 0 aliphatic heterocycles. The maximum absolute atomic E-state index is 5.46. The smallest absolute Gasteiger partial charge is 0.146 e. The molecule has 1 aromatic carbocycles. The Bertz CT molecular complexity index is 1140. The van der Waals surface area contributed by atoms with Gasteiger partial charge in [-0.2, -0.15) is 0 Å². The molecule has 0 spiro atoms. The van der Waals surface area contributed by atoms with Gasteiger partial charge in [0.15, 0.2) is 0 Å². The molecule has 0 atom stereocenters. The number of rotatable bonds is 8. The van der Waals surface area contributed by atoms with Crippen molar-refractivity contribution in [3.63, 3.8) is 0 Å². The van der Waals surface area contributed by atoms with E-state index < -0.39 is 0 Å². The van der Waals surface area contributed by atoms with Crippen LogP contribution < -0.4 is 10.1 Å². The molecule has 0 saturated carbocycles. The number of methoxy groups -OCH3 is 1. The number of benzene rings is 1. The molecular weight excluding hydrogens is 396 g/mol. The van der Waals surface area contributed by atoms with E-state index in [2.05, 4.69) is 43.2 Å². The van der Waals surface area contributed by atoms with E-state index in [0.717, 1.165) is 39.9 Å². The van der Waals surface area contributed by atoms with Gasteiger partial charge in [0, 0.05) is 11.4 Å². The maximum atomic E-state index is 5.46. The van der Waals surface area contributed by atoms with Gasteiger partial charge in [-0.25, -0.2) is 9.97 Å². The minimum Gasteiger partial charge on any atom is -0.497 e. The number of fused-ring (bicyclic) bond motifs is 1. The average Bonchev–Trinajstić information content (AvgIpc) is 3.34. The number of furan rings is 1. The highest BCUT2D eigenvalue weighted by atomic mass is 32.1. The predicted molar refractivity (Wildman–Crippen MR) is 121 cm³/mol. The lowest BCUT2D eigenvalue weighted by molar-refractivity contribution is 0.310. The highest BCUT2D eigenvalue weighted by Crippen LogP contribution is 2.33.